The summed E-state index contributed by atoms with van der Waals surface area (Å²) in [5.74, 6) is -0.371. The van der Waals surface area contributed by atoms with Crippen molar-refractivity contribution in [2.24, 2.45) is 0 Å². The van der Waals surface area contributed by atoms with E-state index in [2.05, 4.69) is 15.3 Å². The number of rotatable bonds is 4. The minimum absolute atomic E-state index is 0.0465. The molecule has 6 heteroatoms. The predicted octanol–water partition coefficient (Wildman–Crippen LogP) is 1.89. The summed E-state index contributed by atoms with van der Waals surface area (Å²) in [7, 11) is 0. The summed E-state index contributed by atoms with van der Waals surface area (Å²) in [6.45, 7) is 5.27. The van der Waals surface area contributed by atoms with Crippen molar-refractivity contribution in [3.8, 4) is 0 Å². The van der Waals surface area contributed by atoms with E-state index in [1.807, 2.05) is 13.8 Å². The zero-order valence-corrected chi connectivity index (χ0v) is 11.2. The highest BCUT2D eigenvalue weighted by molar-refractivity contribution is 5.91. The monoisotopic (exact) mass is 265 g/mol. The molecule has 1 aromatic heterocycles. The third-order valence-corrected chi connectivity index (χ3v) is 3.11. The summed E-state index contributed by atoms with van der Waals surface area (Å²) in [6, 6.07) is 0.223. The first-order chi connectivity index (χ1) is 9.08. The molecule has 6 nitrogen and oxygen atoms in total. The lowest BCUT2D eigenvalue weighted by atomic mass is 10.1. The van der Waals surface area contributed by atoms with Gasteiger partial charge in [-0.3, -0.25) is 0 Å². The molecule has 0 radical (unpaired) electrons. The molecule has 0 saturated carbocycles. The van der Waals surface area contributed by atoms with Gasteiger partial charge in [0.2, 0.25) is 0 Å². The molecular weight excluding hydrogens is 246 g/mol. The maximum Gasteiger partial charge on any atom is 0.356 e. The van der Waals surface area contributed by atoms with Crippen LogP contribution in [0.1, 0.15) is 48.9 Å². The number of aromatic carboxylic acids is 1. The number of nitrogens with zero attached hydrogens (tertiary/aromatic N) is 2. The van der Waals surface area contributed by atoms with Crippen LogP contribution in [0.25, 0.3) is 0 Å². The lowest BCUT2D eigenvalue weighted by Gasteiger charge is -2.24. The van der Waals surface area contributed by atoms with Gasteiger partial charge in [-0.25, -0.2) is 14.8 Å². The summed E-state index contributed by atoms with van der Waals surface area (Å²) >= 11 is 0. The van der Waals surface area contributed by atoms with Gasteiger partial charge in [0, 0.05) is 25.2 Å². The normalized spacial score (nSPS) is 16.6. The van der Waals surface area contributed by atoms with Crippen molar-refractivity contribution in [2.75, 3.05) is 18.5 Å². The molecule has 0 unspecified atom stereocenters. The minimum Gasteiger partial charge on any atom is -0.476 e. The standard InChI is InChI=1S/C13H19N3O3/c1-8(2)12-14-7-10(11(16-12)13(17)18)15-9-3-5-19-6-4-9/h7-9,15H,3-6H2,1-2H3,(H,17,18). The van der Waals surface area contributed by atoms with Crippen LogP contribution in [-0.2, 0) is 4.74 Å². The number of carboxylic acid groups (broad SMARTS) is 1. The summed E-state index contributed by atoms with van der Waals surface area (Å²) in [4.78, 5) is 19.6. The van der Waals surface area contributed by atoms with Crippen molar-refractivity contribution in [1.82, 2.24) is 9.97 Å². The summed E-state index contributed by atoms with van der Waals surface area (Å²) < 4.78 is 5.28. The molecule has 1 saturated heterocycles. The van der Waals surface area contributed by atoms with Crippen LogP contribution in [0.5, 0.6) is 0 Å². The number of ether oxygens (including phenoxy) is 1. The van der Waals surface area contributed by atoms with Crippen molar-refractivity contribution in [3.63, 3.8) is 0 Å². The molecule has 1 aromatic rings. The lowest BCUT2D eigenvalue weighted by molar-refractivity contribution is 0.0690. The van der Waals surface area contributed by atoms with Crippen molar-refractivity contribution in [2.45, 2.75) is 38.6 Å². The fraction of sp³-hybridized carbons (Fsp3) is 0.615. The highest BCUT2D eigenvalue weighted by Crippen LogP contribution is 2.19. The maximum atomic E-state index is 11.3. The zero-order valence-electron chi connectivity index (χ0n) is 11.2. The fourth-order valence-electron chi connectivity index (χ4n) is 2.00. The molecular formula is C13H19N3O3. The Hall–Kier alpha value is -1.69. The van der Waals surface area contributed by atoms with Crippen molar-refractivity contribution in [3.05, 3.63) is 17.7 Å². The third kappa shape index (κ3) is 3.41. The Bertz CT molecular complexity index is 456. The lowest BCUT2D eigenvalue weighted by Crippen LogP contribution is -2.29. The first-order valence-electron chi connectivity index (χ1n) is 6.52. The maximum absolute atomic E-state index is 11.3. The first-order valence-corrected chi connectivity index (χ1v) is 6.52. The molecule has 2 rings (SSSR count). The van der Waals surface area contributed by atoms with Crippen LogP contribution >= 0.6 is 0 Å². The molecule has 0 aliphatic carbocycles. The SMILES string of the molecule is CC(C)c1ncc(NC2CCOCC2)c(C(=O)O)n1. The average Bonchev–Trinajstić information content (AvgIpc) is 2.39. The van der Waals surface area contributed by atoms with Gasteiger partial charge in [0.25, 0.3) is 0 Å². The number of carbonyl (C=O) groups is 1. The van der Waals surface area contributed by atoms with Gasteiger partial charge in [-0.15, -0.1) is 0 Å². The van der Waals surface area contributed by atoms with Crippen molar-refractivity contribution >= 4 is 11.7 Å². The fourth-order valence-corrected chi connectivity index (χ4v) is 2.00. The molecule has 0 atom stereocenters. The van der Waals surface area contributed by atoms with E-state index in [4.69, 9.17) is 4.74 Å². The van der Waals surface area contributed by atoms with E-state index in [-0.39, 0.29) is 17.7 Å². The van der Waals surface area contributed by atoms with Gasteiger partial charge >= 0.3 is 5.97 Å². The number of aromatic nitrogens is 2. The number of carboxylic acids is 1. The molecule has 2 N–H and O–H groups in total. The largest absolute Gasteiger partial charge is 0.476 e. The highest BCUT2D eigenvalue weighted by Gasteiger charge is 2.19. The van der Waals surface area contributed by atoms with E-state index in [1.165, 1.54) is 0 Å². The molecule has 0 bridgehead atoms. The van der Waals surface area contributed by atoms with E-state index < -0.39 is 5.97 Å². The van der Waals surface area contributed by atoms with Crippen LogP contribution < -0.4 is 5.32 Å². The Labute approximate surface area is 112 Å². The molecule has 0 spiro atoms. The van der Waals surface area contributed by atoms with E-state index in [0.29, 0.717) is 24.7 Å². The number of hydrogen-bond donors (Lipinski definition) is 2. The Morgan fingerprint density at radius 3 is 2.74 bits per heavy atom. The molecule has 19 heavy (non-hydrogen) atoms. The van der Waals surface area contributed by atoms with Crippen LogP contribution in [0, 0.1) is 0 Å². The van der Waals surface area contributed by atoms with Crippen LogP contribution in [0.15, 0.2) is 6.20 Å². The van der Waals surface area contributed by atoms with Crippen LogP contribution in [0.2, 0.25) is 0 Å². The number of anilines is 1. The molecule has 1 aliphatic rings. The number of nitrogens with one attached hydrogen (secondary N) is 1. The second-order valence-electron chi connectivity index (χ2n) is 4.98. The smallest absolute Gasteiger partial charge is 0.356 e. The quantitative estimate of drug-likeness (QED) is 0.864. The molecule has 2 heterocycles. The highest BCUT2D eigenvalue weighted by atomic mass is 16.5. The Morgan fingerprint density at radius 2 is 2.16 bits per heavy atom. The molecule has 1 aliphatic heterocycles. The topological polar surface area (TPSA) is 84.3 Å². The van der Waals surface area contributed by atoms with Gasteiger partial charge in [-0.05, 0) is 12.8 Å². The minimum atomic E-state index is -1.03. The number of hydrogen-bond acceptors (Lipinski definition) is 5. The van der Waals surface area contributed by atoms with Gasteiger partial charge in [-0.2, -0.15) is 0 Å². The van der Waals surface area contributed by atoms with Crippen LogP contribution in [-0.4, -0.2) is 40.3 Å². The second-order valence-corrected chi connectivity index (χ2v) is 4.98. The predicted molar refractivity (Wildman–Crippen MR) is 70.5 cm³/mol. The second kappa shape index (κ2) is 5.97. The van der Waals surface area contributed by atoms with Gasteiger partial charge in [0.1, 0.15) is 5.82 Å². The van der Waals surface area contributed by atoms with Gasteiger partial charge < -0.3 is 15.2 Å². The third-order valence-electron chi connectivity index (χ3n) is 3.11. The summed E-state index contributed by atoms with van der Waals surface area (Å²) in [5, 5.41) is 12.5. The summed E-state index contributed by atoms with van der Waals surface area (Å²) in [6.07, 6.45) is 3.30. The molecule has 0 amide bonds. The molecule has 104 valence electrons. The first kappa shape index (κ1) is 13.7. The van der Waals surface area contributed by atoms with Crippen LogP contribution in [0.4, 0.5) is 5.69 Å². The Morgan fingerprint density at radius 1 is 1.47 bits per heavy atom. The van der Waals surface area contributed by atoms with E-state index >= 15 is 0 Å². The Kier molecular flexibility index (Phi) is 4.31. The van der Waals surface area contributed by atoms with Gasteiger partial charge in [0.15, 0.2) is 5.69 Å². The van der Waals surface area contributed by atoms with Gasteiger partial charge in [0.05, 0.1) is 11.9 Å². The zero-order chi connectivity index (χ0) is 13.8. The average molecular weight is 265 g/mol. The van der Waals surface area contributed by atoms with Gasteiger partial charge in [-0.1, -0.05) is 13.8 Å². The summed E-state index contributed by atoms with van der Waals surface area (Å²) in [5.41, 5.74) is 0.536. The van der Waals surface area contributed by atoms with E-state index in [9.17, 15) is 9.90 Å². The van der Waals surface area contributed by atoms with Crippen molar-refractivity contribution in [1.29, 1.82) is 0 Å². The Balaban J connectivity index is 2.21. The molecule has 1 fully saturated rings. The van der Waals surface area contributed by atoms with E-state index in [0.717, 1.165) is 12.8 Å². The van der Waals surface area contributed by atoms with Crippen molar-refractivity contribution < 1.29 is 14.6 Å². The molecule has 0 aromatic carbocycles. The van der Waals surface area contributed by atoms with Crippen LogP contribution in [0.3, 0.4) is 0 Å². The van der Waals surface area contributed by atoms with E-state index in [1.54, 1.807) is 6.20 Å².